The largest absolute Gasteiger partial charge is 0.355 e. The van der Waals surface area contributed by atoms with Crippen LogP contribution in [0, 0.1) is 17.8 Å². The van der Waals surface area contributed by atoms with E-state index in [4.69, 9.17) is 0 Å². The van der Waals surface area contributed by atoms with Crippen LogP contribution in [0.25, 0.3) is 0 Å². The van der Waals surface area contributed by atoms with Crippen molar-refractivity contribution in [2.45, 2.75) is 27.7 Å². The van der Waals surface area contributed by atoms with Crippen LogP contribution < -0.4 is 5.32 Å². The van der Waals surface area contributed by atoms with Crippen LogP contribution in [0.2, 0.25) is 0 Å². The van der Waals surface area contributed by atoms with Gasteiger partial charge in [-0.15, -0.1) is 6.58 Å². The van der Waals surface area contributed by atoms with Crippen LogP contribution in [-0.4, -0.2) is 12.5 Å². The highest BCUT2D eigenvalue weighted by Gasteiger charge is 2.17. The van der Waals surface area contributed by atoms with Crippen molar-refractivity contribution < 1.29 is 4.79 Å². The summed E-state index contributed by atoms with van der Waals surface area (Å²) in [4.78, 5) is 11.5. The zero-order valence-corrected chi connectivity index (χ0v) is 9.13. The molecule has 1 N–H and O–H groups in total. The Kier molecular flexibility index (Phi) is 5.44. The van der Waals surface area contributed by atoms with E-state index in [1.807, 2.05) is 13.8 Å². The van der Waals surface area contributed by atoms with Crippen LogP contribution in [0.3, 0.4) is 0 Å². The van der Waals surface area contributed by atoms with E-state index in [2.05, 4.69) is 25.7 Å². The summed E-state index contributed by atoms with van der Waals surface area (Å²) in [6.45, 7) is 12.6. The van der Waals surface area contributed by atoms with Crippen molar-refractivity contribution in [3.05, 3.63) is 12.7 Å². The van der Waals surface area contributed by atoms with Crippen LogP contribution >= 0.6 is 0 Å². The molecule has 76 valence electrons. The third-order valence-electron chi connectivity index (χ3n) is 1.96. The minimum Gasteiger partial charge on any atom is -0.355 e. The first-order valence-electron chi connectivity index (χ1n) is 4.89. The monoisotopic (exact) mass is 183 g/mol. The van der Waals surface area contributed by atoms with Gasteiger partial charge in [0.25, 0.3) is 0 Å². The van der Waals surface area contributed by atoms with Crippen molar-refractivity contribution in [2.75, 3.05) is 6.54 Å². The van der Waals surface area contributed by atoms with E-state index >= 15 is 0 Å². The zero-order valence-electron chi connectivity index (χ0n) is 9.13. The molecule has 0 aliphatic heterocycles. The quantitative estimate of drug-likeness (QED) is 0.651. The molecule has 0 radical (unpaired) electrons. The molecule has 1 unspecified atom stereocenters. The average Bonchev–Trinajstić information content (AvgIpc) is 2.01. The maximum Gasteiger partial charge on any atom is 0.227 e. The lowest BCUT2D eigenvalue weighted by molar-refractivity contribution is -0.124. The first-order chi connectivity index (χ1) is 5.99. The number of amides is 1. The third-order valence-corrected chi connectivity index (χ3v) is 1.96. The van der Waals surface area contributed by atoms with Gasteiger partial charge in [-0.05, 0) is 11.8 Å². The van der Waals surface area contributed by atoms with Gasteiger partial charge in [-0.25, -0.2) is 0 Å². The zero-order chi connectivity index (χ0) is 10.4. The SMILES string of the molecule is C=CC(C(=O)NCC(C)C)C(C)C. The Morgan fingerprint density at radius 1 is 1.38 bits per heavy atom. The fourth-order valence-corrected chi connectivity index (χ4v) is 1.10. The summed E-state index contributed by atoms with van der Waals surface area (Å²) in [6.07, 6.45) is 1.72. The summed E-state index contributed by atoms with van der Waals surface area (Å²) in [6, 6.07) is 0. The summed E-state index contributed by atoms with van der Waals surface area (Å²) in [5.41, 5.74) is 0. The molecule has 0 aromatic rings. The molecule has 0 bridgehead atoms. The molecule has 0 heterocycles. The van der Waals surface area contributed by atoms with Crippen LogP contribution in [0.5, 0.6) is 0 Å². The number of carbonyl (C=O) groups is 1. The summed E-state index contributed by atoms with van der Waals surface area (Å²) in [5.74, 6) is 0.865. The smallest absolute Gasteiger partial charge is 0.227 e. The summed E-state index contributed by atoms with van der Waals surface area (Å²) >= 11 is 0. The van der Waals surface area contributed by atoms with E-state index in [9.17, 15) is 4.79 Å². The molecular weight excluding hydrogens is 162 g/mol. The molecule has 13 heavy (non-hydrogen) atoms. The standard InChI is InChI=1S/C11H21NO/c1-6-10(9(4)5)11(13)12-7-8(2)3/h6,8-10H,1,7H2,2-5H3,(H,12,13). The molecule has 0 aromatic heterocycles. The molecule has 0 fully saturated rings. The second-order valence-electron chi connectivity index (χ2n) is 4.14. The topological polar surface area (TPSA) is 29.1 Å². The molecule has 1 amide bonds. The Morgan fingerprint density at radius 2 is 1.92 bits per heavy atom. The number of carbonyl (C=O) groups excluding carboxylic acids is 1. The van der Waals surface area contributed by atoms with E-state index < -0.39 is 0 Å². The van der Waals surface area contributed by atoms with Gasteiger partial charge in [-0.1, -0.05) is 33.8 Å². The molecule has 1 atom stereocenters. The summed E-state index contributed by atoms with van der Waals surface area (Å²) in [7, 11) is 0. The Bertz CT molecular complexity index is 173. The van der Waals surface area contributed by atoms with Gasteiger partial charge in [0, 0.05) is 6.54 Å². The van der Waals surface area contributed by atoms with E-state index in [0.29, 0.717) is 11.8 Å². The van der Waals surface area contributed by atoms with Crippen molar-refractivity contribution in [1.82, 2.24) is 5.32 Å². The number of rotatable bonds is 5. The van der Waals surface area contributed by atoms with E-state index in [1.165, 1.54) is 0 Å². The Morgan fingerprint density at radius 3 is 2.23 bits per heavy atom. The minimum absolute atomic E-state index is 0.0567. The lowest BCUT2D eigenvalue weighted by atomic mass is 9.95. The molecule has 0 saturated heterocycles. The lowest BCUT2D eigenvalue weighted by Gasteiger charge is -2.17. The van der Waals surface area contributed by atoms with Crippen LogP contribution in [0.4, 0.5) is 0 Å². The van der Waals surface area contributed by atoms with Gasteiger partial charge < -0.3 is 5.32 Å². The first-order valence-corrected chi connectivity index (χ1v) is 4.89. The molecule has 0 aliphatic carbocycles. The van der Waals surface area contributed by atoms with Gasteiger partial charge in [0.15, 0.2) is 0 Å². The van der Waals surface area contributed by atoms with Crippen molar-refractivity contribution in [2.24, 2.45) is 17.8 Å². The number of hydrogen-bond acceptors (Lipinski definition) is 1. The van der Waals surface area contributed by atoms with Gasteiger partial charge >= 0.3 is 0 Å². The van der Waals surface area contributed by atoms with Crippen molar-refractivity contribution >= 4 is 5.91 Å². The molecular formula is C11H21NO. The van der Waals surface area contributed by atoms with Gasteiger partial charge in [0.05, 0.1) is 5.92 Å². The maximum atomic E-state index is 11.5. The van der Waals surface area contributed by atoms with E-state index in [-0.39, 0.29) is 11.8 Å². The molecule has 2 heteroatoms. The second-order valence-corrected chi connectivity index (χ2v) is 4.14. The van der Waals surface area contributed by atoms with Crippen LogP contribution in [-0.2, 0) is 4.79 Å². The third kappa shape index (κ3) is 4.71. The number of hydrogen-bond donors (Lipinski definition) is 1. The van der Waals surface area contributed by atoms with Crippen LogP contribution in [0.15, 0.2) is 12.7 Å². The van der Waals surface area contributed by atoms with Crippen molar-refractivity contribution in [1.29, 1.82) is 0 Å². The molecule has 0 aliphatic rings. The normalized spacial score (nSPS) is 13.1. The predicted octanol–water partition coefficient (Wildman–Crippen LogP) is 2.22. The second kappa shape index (κ2) is 5.79. The predicted molar refractivity (Wildman–Crippen MR) is 56.4 cm³/mol. The van der Waals surface area contributed by atoms with Crippen molar-refractivity contribution in [3.8, 4) is 0 Å². The van der Waals surface area contributed by atoms with Gasteiger partial charge in [-0.3, -0.25) is 4.79 Å². The Balaban J connectivity index is 3.99. The van der Waals surface area contributed by atoms with Crippen molar-refractivity contribution in [3.63, 3.8) is 0 Å². The molecule has 0 spiro atoms. The minimum atomic E-state index is -0.0567. The first kappa shape index (κ1) is 12.2. The van der Waals surface area contributed by atoms with Crippen LogP contribution in [0.1, 0.15) is 27.7 Å². The summed E-state index contributed by atoms with van der Waals surface area (Å²) in [5, 5.41) is 2.90. The highest BCUT2D eigenvalue weighted by Crippen LogP contribution is 2.11. The Hall–Kier alpha value is -0.790. The van der Waals surface area contributed by atoms with Gasteiger partial charge in [0.1, 0.15) is 0 Å². The van der Waals surface area contributed by atoms with Gasteiger partial charge in [0.2, 0.25) is 5.91 Å². The molecule has 0 aromatic carbocycles. The van der Waals surface area contributed by atoms with E-state index in [1.54, 1.807) is 6.08 Å². The lowest BCUT2D eigenvalue weighted by Crippen LogP contribution is -2.34. The maximum absolute atomic E-state index is 11.5. The highest BCUT2D eigenvalue weighted by atomic mass is 16.1. The molecule has 0 rings (SSSR count). The molecule has 0 saturated carbocycles. The fraction of sp³-hybridized carbons (Fsp3) is 0.727. The summed E-state index contributed by atoms with van der Waals surface area (Å²) < 4.78 is 0. The fourth-order valence-electron chi connectivity index (χ4n) is 1.10. The Labute approximate surface area is 81.4 Å². The van der Waals surface area contributed by atoms with E-state index in [0.717, 1.165) is 6.54 Å². The highest BCUT2D eigenvalue weighted by molar-refractivity contribution is 5.80. The molecule has 2 nitrogen and oxygen atoms in total. The number of nitrogens with one attached hydrogen (secondary N) is 1. The van der Waals surface area contributed by atoms with Gasteiger partial charge in [-0.2, -0.15) is 0 Å². The average molecular weight is 183 g/mol.